The van der Waals surface area contributed by atoms with Crippen LogP contribution >= 0.6 is 0 Å². The minimum atomic E-state index is -0.231. The van der Waals surface area contributed by atoms with Gasteiger partial charge in [0.1, 0.15) is 11.6 Å². The van der Waals surface area contributed by atoms with Crippen LogP contribution in [-0.2, 0) is 0 Å². The molecule has 2 heterocycles. The number of methoxy groups -OCH3 is 1. The molecule has 0 spiro atoms. The van der Waals surface area contributed by atoms with Crippen molar-refractivity contribution >= 4 is 5.69 Å². The predicted molar refractivity (Wildman–Crippen MR) is 145 cm³/mol. The van der Waals surface area contributed by atoms with Crippen LogP contribution in [0.25, 0.3) is 0 Å². The number of nitrogens with one attached hydrogen (secondary N) is 1. The zero-order chi connectivity index (χ0) is 25.6. The van der Waals surface area contributed by atoms with E-state index >= 15 is 0 Å². The summed E-state index contributed by atoms with van der Waals surface area (Å²) >= 11 is 0. The summed E-state index contributed by atoms with van der Waals surface area (Å²) in [7, 11) is 1.66. The number of hydrogen-bond donors (Lipinski definition) is 2. The molecule has 0 saturated carbocycles. The molecule has 3 aromatic rings. The van der Waals surface area contributed by atoms with Crippen molar-refractivity contribution in [2.24, 2.45) is 0 Å². The summed E-state index contributed by atoms with van der Waals surface area (Å²) in [6.45, 7) is 3.75. The van der Waals surface area contributed by atoms with E-state index in [1.807, 2.05) is 30.3 Å². The second-order valence-corrected chi connectivity index (χ2v) is 9.81. The highest BCUT2D eigenvalue weighted by Gasteiger charge is 2.48. The van der Waals surface area contributed by atoms with Gasteiger partial charge in [-0.1, -0.05) is 30.0 Å². The monoisotopic (exact) mass is 499 g/mol. The fourth-order valence-electron chi connectivity index (χ4n) is 5.56. The molecule has 2 fully saturated rings. The van der Waals surface area contributed by atoms with E-state index in [0.717, 1.165) is 55.0 Å². The second kappa shape index (κ2) is 11.8. The lowest BCUT2D eigenvalue weighted by Crippen LogP contribution is -2.67. The number of hydrogen-bond acceptors (Lipinski definition) is 5. The van der Waals surface area contributed by atoms with Crippen LogP contribution in [0.5, 0.6) is 5.75 Å². The zero-order valence-electron chi connectivity index (χ0n) is 21.2. The molecular formula is C31H34FN3O2. The maximum atomic E-state index is 13.6. The molecule has 5 rings (SSSR count). The number of fused-ring (bicyclic) bond motifs is 1. The molecular weight excluding hydrogens is 465 g/mol. The van der Waals surface area contributed by atoms with Gasteiger partial charge >= 0.3 is 0 Å². The number of benzene rings is 3. The quantitative estimate of drug-likeness (QED) is 0.488. The molecule has 5 nitrogen and oxygen atoms in total. The number of aliphatic hydroxyl groups is 1. The Morgan fingerprint density at radius 1 is 0.973 bits per heavy atom. The smallest absolute Gasteiger partial charge is 0.125 e. The molecule has 2 aliphatic rings. The molecule has 3 unspecified atom stereocenters. The average molecular weight is 500 g/mol. The van der Waals surface area contributed by atoms with Crippen LogP contribution in [-0.4, -0.2) is 67.0 Å². The van der Waals surface area contributed by atoms with Crippen molar-refractivity contribution in [2.75, 3.05) is 45.3 Å². The summed E-state index contributed by atoms with van der Waals surface area (Å²) in [5.74, 6) is 7.32. The van der Waals surface area contributed by atoms with Gasteiger partial charge in [-0.3, -0.25) is 9.80 Å². The molecule has 0 amide bonds. The Kier molecular flexibility index (Phi) is 8.05. The summed E-state index contributed by atoms with van der Waals surface area (Å²) < 4.78 is 18.8. The van der Waals surface area contributed by atoms with Crippen molar-refractivity contribution in [3.05, 3.63) is 95.3 Å². The molecule has 0 bridgehead atoms. The molecule has 2 aliphatic heterocycles. The summed E-state index contributed by atoms with van der Waals surface area (Å²) in [6, 6.07) is 23.3. The van der Waals surface area contributed by atoms with Crippen molar-refractivity contribution in [1.29, 1.82) is 0 Å². The van der Waals surface area contributed by atoms with E-state index in [-0.39, 0.29) is 24.4 Å². The third-order valence-electron chi connectivity index (χ3n) is 7.52. The normalized spacial score (nSPS) is 22.0. The van der Waals surface area contributed by atoms with Crippen molar-refractivity contribution < 1.29 is 14.2 Å². The molecule has 0 radical (unpaired) electrons. The van der Waals surface area contributed by atoms with Crippen molar-refractivity contribution in [2.45, 2.75) is 30.8 Å². The van der Waals surface area contributed by atoms with Crippen molar-refractivity contribution in [3.8, 4) is 17.6 Å². The predicted octanol–water partition coefficient (Wildman–Crippen LogP) is 4.53. The first-order valence-corrected chi connectivity index (χ1v) is 13.0. The van der Waals surface area contributed by atoms with Crippen LogP contribution < -0.4 is 10.1 Å². The Hall–Kier alpha value is -3.37. The van der Waals surface area contributed by atoms with Crippen LogP contribution in [0.1, 0.15) is 35.4 Å². The standard InChI is InChI=1S/C31H34FN3O2/c1-37-28-15-11-24(12-16-28)8-7-23-9-13-25(14-10-23)31-29-20-34(17-2-3-18-35(29)30(31)21-36)22-33-27-6-4-5-26(32)19-27/h4-6,9-16,19,29-31,33,36H,2-3,17-18,20-22H2,1H3. The van der Waals surface area contributed by atoms with Gasteiger partial charge < -0.3 is 15.2 Å². The Morgan fingerprint density at radius 3 is 2.35 bits per heavy atom. The first-order valence-electron chi connectivity index (χ1n) is 13.0. The number of nitrogens with zero attached hydrogens (tertiary/aromatic N) is 2. The molecule has 3 atom stereocenters. The third-order valence-corrected chi connectivity index (χ3v) is 7.52. The molecule has 2 saturated heterocycles. The molecule has 3 aromatic carbocycles. The Bertz CT molecular complexity index is 1240. The minimum Gasteiger partial charge on any atom is -0.497 e. The zero-order valence-corrected chi connectivity index (χ0v) is 21.2. The van der Waals surface area contributed by atoms with Gasteiger partial charge in [0.2, 0.25) is 0 Å². The molecule has 0 aliphatic carbocycles. The van der Waals surface area contributed by atoms with E-state index in [2.05, 4.69) is 51.2 Å². The van der Waals surface area contributed by atoms with Crippen LogP contribution in [0.3, 0.4) is 0 Å². The van der Waals surface area contributed by atoms with Gasteiger partial charge in [-0.05, 0) is 86.1 Å². The topological polar surface area (TPSA) is 48.0 Å². The molecule has 6 heteroatoms. The largest absolute Gasteiger partial charge is 0.497 e. The fraction of sp³-hybridized carbons (Fsp3) is 0.355. The lowest BCUT2D eigenvalue weighted by Gasteiger charge is -2.57. The van der Waals surface area contributed by atoms with E-state index in [1.54, 1.807) is 13.2 Å². The van der Waals surface area contributed by atoms with Crippen LogP contribution in [0, 0.1) is 17.7 Å². The highest BCUT2D eigenvalue weighted by Crippen LogP contribution is 2.41. The lowest BCUT2D eigenvalue weighted by molar-refractivity contribution is -0.0636. The molecule has 0 aromatic heterocycles. The van der Waals surface area contributed by atoms with E-state index < -0.39 is 0 Å². The van der Waals surface area contributed by atoms with Gasteiger partial charge in [-0.25, -0.2) is 4.39 Å². The third kappa shape index (κ3) is 5.97. The Labute approximate surface area is 218 Å². The van der Waals surface area contributed by atoms with Gasteiger partial charge in [0.25, 0.3) is 0 Å². The summed E-state index contributed by atoms with van der Waals surface area (Å²) in [5.41, 5.74) is 3.95. The SMILES string of the molecule is COc1ccc(C#Cc2ccc(C3C(CO)N4CCCCN(CNc5cccc(F)c5)CC34)cc2)cc1. The summed E-state index contributed by atoms with van der Waals surface area (Å²) in [5, 5.41) is 13.6. The highest BCUT2D eigenvalue weighted by atomic mass is 19.1. The highest BCUT2D eigenvalue weighted by molar-refractivity contribution is 5.46. The van der Waals surface area contributed by atoms with Gasteiger partial charge in [-0.15, -0.1) is 0 Å². The lowest BCUT2D eigenvalue weighted by atomic mass is 9.74. The van der Waals surface area contributed by atoms with Gasteiger partial charge in [0.05, 0.1) is 20.4 Å². The molecule has 37 heavy (non-hydrogen) atoms. The second-order valence-electron chi connectivity index (χ2n) is 9.81. The summed E-state index contributed by atoms with van der Waals surface area (Å²) in [6.07, 6.45) is 2.22. The first-order chi connectivity index (χ1) is 18.1. The maximum Gasteiger partial charge on any atom is 0.125 e. The first kappa shape index (κ1) is 25.3. The van der Waals surface area contributed by atoms with E-state index in [1.165, 1.54) is 17.7 Å². The number of halogens is 1. The van der Waals surface area contributed by atoms with Gasteiger partial charge in [-0.2, -0.15) is 0 Å². The summed E-state index contributed by atoms with van der Waals surface area (Å²) in [4.78, 5) is 4.88. The van der Waals surface area contributed by atoms with Crippen molar-refractivity contribution in [1.82, 2.24) is 9.80 Å². The number of ether oxygens (including phenoxy) is 1. The number of aliphatic hydroxyl groups excluding tert-OH is 1. The Morgan fingerprint density at radius 2 is 1.68 bits per heavy atom. The van der Waals surface area contributed by atoms with Crippen LogP contribution in [0.2, 0.25) is 0 Å². The number of rotatable bonds is 6. The van der Waals surface area contributed by atoms with E-state index in [0.29, 0.717) is 12.7 Å². The van der Waals surface area contributed by atoms with Gasteiger partial charge in [0.15, 0.2) is 0 Å². The number of anilines is 1. The van der Waals surface area contributed by atoms with Crippen LogP contribution in [0.15, 0.2) is 72.8 Å². The van der Waals surface area contributed by atoms with Gasteiger partial charge in [0, 0.05) is 41.4 Å². The van der Waals surface area contributed by atoms with E-state index in [4.69, 9.17) is 4.74 Å². The minimum absolute atomic E-state index is 0.136. The van der Waals surface area contributed by atoms with Crippen LogP contribution in [0.4, 0.5) is 10.1 Å². The molecule has 2 N–H and O–H groups in total. The fourth-order valence-corrected chi connectivity index (χ4v) is 5.56. The van der Waals surface area contributed by atoms with E-state index in [9.17, 15) is 9.50 Å². The maximum absolute atomic E-state index is 13.6. The average Bonchev–Trinajstić information content (AvgIpc) is 2.91. The van der Waals surface area contributed by atoms with Crippen molar-refractivity contribution in [3.63, 3.8) is 0 Å². The molecule has 192 valence electrons. The Balaban J connectivity index is 1.27.